The first-order chi connectivity index (χ1) is 14.9. The third kappa shape index (κ3) is 5.16. The van der Waals surface area contributed by atoms with E-state index in [0.717, 1.165) is 37.9 Å². The Kier molecular flexibility index (Phi) is 6.13. The second-order valence-corrected chi connectivity index (χ2v) is 8.28. The largest absolute Gasteiger partial charge is 0.360 e. The number of amides is 1. The SMILES string of the molecule is C=N/C(=C\N=C(C)N1CCC(CNC2CC2)C1)C(=O)Nc1cc(F)c2nc(C)cn2c1. The van der Waals surface area contributed by atoms with E-state index in [1.165, 1.54) is 29.5 Å². The molecule has 0 spiro atoms. The summed E-state index contributed by atoms with van der Waals surface area (Å²) in [6.07, 6.45) is 8.42. The number of fused-ring (bicyclic) bond motifs is 1. The molecule has 3 heterocycles. The van der Waals surface area contributed by atoms with Gasteiger partial charge in [0.15, 0.2) is 11.5 Å². The molecule has 1 unspecified atom stereocenters. The summed E-state index contributed by atoms with van der Waals surface area (Å²) >= 11 is 0. The van der Waals surface area contributed by atoms with Gasteiger partial charge in [-0.2, -0.15) is 0 Å². The van der Waals surface area contributed by atoms with Gasteiger partial charge < -0.3 is 19.9 Å². The predicted octanol–water partition coefficient (Wildman–Crippen LogP) is 2.75. The van der Waals surface area contributed by atoms with Gasteiger partial charge in [-0.25, -0.2) is 14.4 Å². The van der Waals surface area contributed by atoms with Gasteiger partial charge in [0.05, 0.1) is 17.6 Å². The lowest BCUT2D eigenvalue weighted by Crippen LogP contribution is -2.30. The molecule has 1 amide bonds. The van der Waals surface area contributed by atoms with Gasteiger partial charge >= 0.3 is 0 Å². The van der Waals surface area contributed by atoms with Gasteiger partial charge in [0.2, 0.25) is 0 Å². The Morgan fingerprint density at radius 3 is 2.94 bits per heavy atom. The second-order valence-electron chi connectivity index (χ2n) is 8.28. The maximum Gasteiger partial charge on any atom is 0.275 e. The number of pyridine rings is 1. The molecule has 2 aromatic rings. The number of nitrogens with one attached hydrogen (secondary N) is 2. The number of imidazole rings is 1. The van der Waals surface area contributed by atoms with E-state index in [1.54, 1.807) is 19.3 Å². The quantitative estimate of drug-likeness (QED) is 0.406. The highest BCUT2D eigenvalue weighted by Gasteiger charge is 2.26. The van der Waals surface area contributed by atoms with Crippen LogP contribution in [0, 0.1) is 18.7 Å². The van der Waals surface area contributed by atoms with Crippen LogP contribution in [0.15, 0.2) is 40.3 Å². The average molecular weight is 426 g/mol. The molecule has 2 fully saturated rings. The molecule has 1 atom stereocenters. The molecular weight excluding hydrogens is 397 g/mol. The molecule has 0 radical (unpaired) electrons. The molecule has 1 aliphatic heterocycles. The van der Waals surface area contributed by atoms with E-state index in [1.807, 2.05) is 6.92 Å². The van der Waals surface area contributed by atoms with Crippen LogP contribution in [0.4, 0.5) is 10.1 Å². The zero-order valence-electron chi connectivity index (χ0n) is 17.9. The second kappa shape index (κ2) is 8.97. The summed E-state index contributed by atoms with van der Waals surface area (Å²) in [7, 11) is 0. The molecule has 4 rings (SSSR count). The Morgan fingerprint density at radius 1 is 1.39 bits per heavy atom. The lowest BCUT2D eigenvalue weighted by atomic mass is 10.1. The molecule has 9 heteroatoms. The molecule has 0 aromatic carbocycles. The fraction of sp³-hybridized carbons (Fsp3) is 0.455. The van der Waals surface area contributed by atoms with Crippen LogP contribution < -0.4 is 10.6 Å². The molecule has 1 saturated carbocycles. The van der Waals surface area contributed by atoms with E-state index >= 15 is 0 Å². The van der Waals surface area contributed by atoms with Crippen molar-refractivity contribution in [2.45, 2.75) is 39.2 Å². The van der Waals surface area contributed by atoms with Crippen molar-refractivity contribution in [2.24, 2.45) is 15.9 Å². The summed E-state index contributed by atoms with van der Waals surface area (Å²) in [5.74, 6) is 0.433. The van der Waals surface area contributed by atoms with E-state index in [2.05, 4.69) is 37.2 Å². The van der Waals surface area contributed by atoms with E-state index < -0.39 is 11.7 Å². The summed E-state index contributed by atoms with van der Waals surface area (Å²) in [5.41, 5.74) is 1.26. The van der Waals surface area contributed by atoms with Crippen molar-refractivity contribution >= 4 is 29.8 Å². The van der Waals surface area contributed by atoms with Crippen molar-refractivity contribution in [1.29, 1.82) is 0 Å². The molecule has 2 aliphatic rings. The van der Waals surface area contributed by atoms with Crippen LogP contribution in [-0.4, -0.2) is 58.4 Å². The minimum absolute atomic E-state index is 0.0628. The molecule has 0 bridgehead atoms. The lowest BCUT2D eigenvalue weighted by Gasteiger charge is -2.17. The molecule has 1 aliphatic carbocycles. The summed E-state index contributed by atoms with van der Waals surface area (Å²) in [6, 6.07) is 1.95. The number of carbonyl (C=O) groups is 1. The van der Waals surface area contributed by atoms with Crippen LogP contribution in [0.2, 0.25) is 0 Å². The first-order valence-corrected chi connectivity index (χ1v) is 10.6. The zero-order valence-corrected chi connectivity index (χ0v) is 17.9. The van der Waals surface area contributed by atoms with Crippen LogP contribution in [0.25, 0.3) is 5.65 Å². The number of anilines is 1. The normalized spacial score (nSPS) is 19.8. The van der Waals surface area contributed by atoms with Gasteiger partial charge in [-0.05, 0) is 52.3 Å². The van der Waals surface area contributed by atoms with Crippen molar-refractivity contribution in [1.82, 2.24) is 19.6 Å². The summed E-state index contributed by atoms with van der Waals surface area (Å²) in [4.78, 5) is 27.1. The number of halogens is 1. The fourth-order valence-corrected chi connectivity index (χ4v) is 3.76. The van der Waals surface area contributed by atoms with E-state index in [0.29, 0.717) is 17.3 Å². The molecule has 31 heavy (non-hydrogen) atoms. The predicted molar refractivity (Wildman–Crippen MR) is 120 cm³/mol. The van der Waals surface area contributed by atoms with Gasteiger partial charge in [0, 0.05) is 37.6 Å². The minimum atomic E-state index is -0.517. The smallest absolute Gasteiger partial charge is 0.275 e. The maximum absolute atomic E-state index is 14.2. The number of aryl methyl sites for hydroxylation is 1. The first-order valence-electron chi connectivity index (χ1n) is 10.6. The highest BCUT2D eigenvalue weighted by Crippen LogP contribution is 2.22. The van der Waals surface area contributed by atoms with E-state index in [4.69, 9.17) is 0 Å². The number of carbonyl (C=O) groups excluding carboxylic acids is 1. The number of likely N-dealkylation sites (tertiary alicyclic amines) is 1. The third-order valence-electron chi connectivity index (χ3n) is 5.68. The van der Waals surface area contributed by atoms with Crippen LogP contribution in [0.3, 0.4) is 0 Å². The van der Waals surface area contributed by atoms with Gasteiger partial charge in [-0.15, -0.1) is 0 Å². The fourth-order valence-electron chi connectivity index (χ4n) is 3.76. The summed E-state index contributed by atoms with van der Waals surface area (Å²) in [6.45, 7) is 10.1. The van der Waals surface area contributed by atoms with Gasteiger partial charge in [0.25, 0.3) is 5.91 Å². The number of hydrogen-bond donors (Lipinski definition) is 2. The van der Waals surface area contributed by atoms with Crippen molar-refractivity contribution < 1.29 is 9.18 Å². The van der Waals surface area contributed by atoms with E-state index in [-0.39, 0.29) is 11.3 Å². The van der Waals surface area contributed by atoms with Crippen LogP contribution in [0.1, 0.15) is 31.9 Å². The van der Waals surface area contributed by atoms with Crippen molar-refractivity contribution in [2.75, 3.05) is 25.0 Å². The highest BCUT2D eigenvalue weighted by molar-refractivity contribution is 6.04. The number of amidine groups is 1. The maximum atomic E-state index is 14.2. The number of hydrogen-bond acceptors (Lipinski definition) is 5. The van der Waals surface area contributed by atoms with Gasteiger partial charge in [0.1, 0.15) is 11.5 Å². The molecule has 2 aromatic heterocycles. The minimum Gasteiger partial charge on any atom is -0.360 e. The van der Waals surface area contributed by atoms with Crippen molar-refractivity contribution in [3.63, 3.8) is 0 Å². The molecule has 2 N–H and O–H groups in total. The number of rotatable bonds is 7. The molecular formula is C22H28FN7O. The standard InChI is InChI=1S/C22H28FN7O/c1-14-11-30-13-18(8-19(23)21(30)27-14)28-22(31)20(24-3)10-25-15(2)29-7-6-16(12-29)9-26-17-4-5-17/h8,10-11,13,16-17,26H,3-7,9,12H2,1-2H3,(H,28,31)/b20-10-,25-15?. The lowest BCUT2D eigenvalue weighted by molar-refractivity contribution is -0.112. The van der Waals surface area contributed by atoms with Crippen LogP contribution in [0.5, 0.6) is 0 Å². The Balaban J connectivity index is 1.39. The van der Waals surface area contributed by atoms with Crippen molar-refractivity contribution in [3.8, 4) is 0 Å². The molecule has 164 valence electrons. The van der Waals surface area contributed by atoms with Crippen LogP contribution >= 0.6 is 0 Å². The topological polar surface area (TPSA) is 86.4 Å². The Hall–Kier alpha value is -3.07. The Morgan fingerprint density at radius 2 is 2.19 bits per heavy atom. The molecule has 1 saturated heterocycles. The third-order valence-corrected chi connectivity index (χ3v) is 5.68. The number of aliphatic imine (C=N–C) groups is 2. The van der Waals surface area contributed by atoms with Gasteiger partial charge in [-0.1, -0.05) is 0 Å². The Bertz CT molecular complexity index is 1050. The number of aromatic nitrogens is 2. The average Bonchev–Trinajstić information content (AvgIpc) is 3.30. The number of nitrogens with zero attached hydrogens (tertiary/aromatic N) is 5. The first kappa shape index (κ1) is 21.2. The monoisotopic (exact) mass is 425 g/mol. The van der Waals surface area contributed by atoms with Gasteiger partial charge in [-0.3, -0.25) is 9.79 Å². The molecule has 8 nitrogen and oxygen atoms in total. The van der Waals surface area contributed by atoms with Crippen LogP contribution in [-0.2, 0) is 4.79 Å². The van der Waals surface area contributed by atoms with E-state index in [9.17, 15) is 9.18 Å². The highest BCUT2D eigenvalue weighted by atomic mass is 19.1. The van der Waals surface area contributed by atoms with Crippen molar-refractivity contribution in [3.05, 3.63) is 41.9 Å². The summed E-state index contributed by atoms with van der Waals surface area (Å²) < 4.78 is 15.8. The Labute approximate surface area is 181 Å². The summed E-state index contributed by atoms with van der Waals surface area (Å²) in [5, 5.41) is 6.23. The zero-order chi connectivity index (χ0) is 22.0.